The molecule has 0 amide bonds. The minimum atomic E-state index is -0.940. The Balaban J connectivity index is 1.67. The molecule has 1 aromatic heterocycles. The molecule has 0 saturated carbocycles. The summed E-state index contributed by atoms with van der Waals surface area (Å²) in [5.41, 5.74) is 2.18. The van der Waals surface area contributed by atoms with E-state index in [4.69, 9.17) is 24.1 Å². The van der Waals surface area contributed by atoms with Crippen LogP contribution >= 0.6 is 0 Å². The van der Waals surface area contributed by atoms with Gasteiger partial charge in [-0.05, 0) is 54.3 Å². The van der Waals surface area contributed by atoms with E-state index in [9.17, 15) is 9.82 Å². The van der Waals surface area contributed by atoms with Crippen molar-refractivity contribution in [3.8, 4) is 29.2 Å². The maximum Gasteiger partial charge on any atom is 0.491 e. The van der Waals surface area contributed by atoms with Crippen molar-refractivity contribution in [1.29, 1.82) is 5.26 Å². The number of carbonyl (C=O) groups is 1. The average Bonchev–Trinajstić information content (AvgIpc) is 3.15. The molecule has 0 atom stereocenters. The minimum absolute atomic E-state index is 0.176. The zero-order valence-electron chi connectivity index (χ0n) is 16.6. The molecule has 9 heteroatoms. The Labute approximate surface area is 178 Å². The van der Waals surface area contributed by atoms with Crippen LogP contribution in [0.5, 0.6) is 23.1 Å². The van der Waals surface area contributed by atoms with E-state index in [1.54, 1.807) is 43.3 Å². The van der Waals surface area contributed by atoms with E-state index in [2.05, 4.69) is 4.98 Å². The third-order valence-corrected chi connectivity index (χ3v) is 4.54. The molecule has 0 unspecified atom stereocenters. The van der Waals surface area contributed by atoms with E-state index in [0.29, 0.717) is 22.5 Å². The van der Waals surface area contributed by atoms with Gasteiger partial charge in [0.15, 0.2) is 11.5 Å². The van der Waals surface area contributed by atoms with Crippen LogP contribution in [0.25, 0.3) is 0 Å². The maximum absolute atomic E-state index is 12.2. The second-order valence-corrected chi connectivity index (χ2v) is 6.60. The number of nitriles is 1. The van der Waals surface area contributed by atoms with Gasteiger partial charge in [-0.2, -0.15) is 5.26 Å². The fourth-order valence-electron chi connectivity index (χ4n) is 3.06. The van der Waals surface area contributed by atoms with Crippen molar-refractivity contribution in [1.82, 2.24) is 4.98 Å². The highest BCUT2D eigenvalue weighted by Gasteiger charge is 2.27. The van der Waals surface area contributed by atoms with Crippen molar-refractivity contribution in [2.45, 2.75) is 13.5 Å². The first-order valence-electron chi connectivity index (χ1n) is 9.53. The van der Waals surface area contributed by atoms with Crippen LogP contribution in [-0.4, -0.2) is 29.7 Å². The Morgan fingerprint density at radius 3 is 2.87 bits per heavy atom. The molecular formula is C22H17BN2O6. The first kappa shape index (κ1) is 20.4. The van der Waals surface area contributed by atoms with Crippen LogP contribution in [0.15, 0.2) is 54.7 Å². The molecule has 0 saturated heterocycles. The smallest absolute Gasteiger partial charge is 0.462 e. The predicted octanol–water partition coefficient (Wildman–Crippen LogP) is 2.93. The Morgan fingerprint density at radius 1 is 1.19 bits per heavy atom. The number of pyridine rings is 1. The maximum atomic E-state index is 12.2. The summed E-state index contributed by atoms with van der Waals surface area (Å²) in [5, 5.41) is 18.9. The molecule has 3 aromatic rings. The molecule has 0 spiro atoms. The average molecular weight is 416 g/mol. The molecule has 2 aromatic carbocycles. The van der Waals surface area contributed by atoms with E-state index >= 15 is 0 Å². The number of rotatable bonds is 6. The number of nitrogens with zero attached hydrogens (tertiary/aromatic N) is 2. The third-order valence-electron chi connectivity index (χ3n) is 4.54. The first-order chi connectivity index (χ1) is 15.1. The molecule has 0 bridgehead atoms. The van der Waals surface area contributed by atoms with Crippen molar-refractivity contribution in [3.63, 3.8) is 0 Å². The fraction of sp³-hybridized carbons (Fsp3) is 0.136. The van der Waals surface area contributed by atoms with Gasteiger partial charge in [-0.3, -0.25) is 0 Å². The summed E-state index contributed by atoms with van der Waals surface area (Å²) in [7, 11) is -0.940. The largest absolute Gasteiger partial charge is 0.491 e. The number of esters is 1. The zero-order valence-corrected chi connectivity index (χ0v) is 16.6. The summed E-state index contributed by atoms with van der Waals surface area (Å²) in [5.74, 6) is 0.738. The normalized spacial score (nSPS) is 12.1. The Bertz CT molecular complexity index is 1180. The summed E-state index contributed by atoms with van der Waals surface area (Å²) >= 11 is 0. The van der Waals surface area contributed by atoms with Crippen molar-refractivity contribution < 1.29 is 28.7 Å². The standard InChI is InChI=1S/C22H17BN2O6/c1-2-28-22(26)15-3-6-19(20(11-15)31-21-9-14(12-24)7-8-25-21)30-17-4-5-18-16(10-17)13-29-23(18)27/h3-11,27H,2,13H2,1H3. The van der Waals surface area contributed by atoms with Crippen LogP contribution in [-0.2, 0) is 16.0 Å². The number of aromatic nitrogens is 1. The van der Waals surface area contributed by atoms with E-state index in [0.717, 1.165) is 5.56 Å². The van der Waals surface area contributed by atoms with Gasteiger partial charge >= 0.3 is 13.1 Å². The number of hydrogen-bond donors (Lipinski definition) is 1. The van der Waals surface area contributed by atoms with Crippen molar-refractivity contribution in [2.75, 3.05) is 6.61 Å². The summed E-state index contributed by atoms with van der Waals surface area (Å²) < 4.78 is 22.1. The highest BCUT2D eigenvalue weighted by Crippen LogP contribution is 2.36. The lowest BCUT2D eigenvalue weighted by molar-refractivity contribution is 0.0526. The van der Waals surface area contributed by atoms with E-state index in [-0.39, 0.29) is 30.4 Å². The fourth-order valence-corrected chi connectivity index (χ4v) is 3.06. The van der Waals surface area contributed by atoms with Gasteiger partial charge in [-0.1, -0.05) is 6.07 Å². The van der Waals surface area contributed by atoms with Crippen LogP contribution < -0.4 is 14.9 Å². The van der Waals surface area contributed by atoms with Crippen LogP contribution in [0.3, 0.4) is 0 Å². The van der Waals surface area contributed by atoms with Crippen LogP contribution in [0, 0.1) is 11.3 Å². The highest BCUT2D eigenvalue weighted by atomic mass is 16.5. The minimum Gasteiger partial charge on any atom is -0.462 e. The molecule has 8 nitrogen and oxygen atoms in total. The summed E-state index contributed by atoms with van der Waals surface area (Å²) in [6.45, 7) is 2.24. The van der Waals surface area contributed by atoms with Gasteiger partial charge in [0, 0.05) is 12.3 Å². The summed E-state index contributed by atoms with van der Waals surface area (Å²) in [6, 6.07) is 14.9. The molecule has 4 rings (SSSR count). The van der Waals surface area contributed by atoms with Gasteiger partial charge in [-0.15, -0.1) is 0 Å². The second-order valence-electron chi connectivity index (χ2n) is 6.60. The van der Waals surface area contributed by atoms with Gasteiger partial charge in [0.25, 0.3) is 0 Å². The molecule has 0 aliphatic carbocycles. The molecule has 1 aliphatic heterocycles. The molecule has 2 heterocycles. The van der Waals surface area contributed by atoms with E-state index < -0.39 is 13.1 Å². The number of benzene rings is 2. The SMILES string of the molecule is CCOC(=O)c1ccc(Oc2ccc3c(c2)COB3O)c(Oc2cc(C#N)ccn2)c1. The summed E-state index contributed by atoms with van der Waals surface area (Å²) in [4.78, 5) is 16.3. The van der Waals surface area contributed by atoms with Crippen molar-refractivity contribution in [2.24, 2.45) is 0 Å². The predicted molar refractivity (Wildman–Crippen MR) is 110 cm³/mol. The van der Waals surface area contributed by atoms with Crippen molar-refractivity contribution in [3.05, 3.63) is 71.4 Å². The molecule has 1 N–H and O–H groups in total. The zero-order chi connectivity index (χ0) is 21.8. The number of ether oxygens (including phenoxy) is 3. The molecular weight excluding hydrogens is 399 g/mol. The van der Waals surface area contributed by atoms with Gasteiger partial charge in [0.2, 0.25) is 5.88 Å². The third kappa shape index (κ3) is 4.50. The van der Waals surface area contributed by atoms with Gasteiger partial charge in [-0.25, -0.2) is 9.78 Å². The molecule has 154 valence electrons. The van der Waals surface area contributed by atoms with Crippen LogP contribution in [0.1, 0.15) is 28.4 Å². The Morgan fingerprint density at radius 2 is 2.06 bits per heavy atom. The Hall–Kier alpha value is -3.87. The van der Waals surface area contributed by atoms with Gasteiger partial charge < -0.3 is 23.9 Å². The van der Waals surface area contributed by atoms with Crippen LogP contribution in [0.2, 0.25) is 0 Å². The van der Waals surface area contributed by atoms with Gasteiger partial charge in [0.05, 0.1) is 30.4 Å². The van der Waals surface area contributed by atoms with Crippen molar-refractivity contribution >= 4 is 18.6 Å². The molecule has 0 fully saturated rings. The molecule has 1 aliphatic rings. The lowest BCUT2D eigenvalue weighted by Crippen LogP contribution is -2.27. The topological polar surface area (TPSA) is 111 Å². The number of carbonyl (C=O) groups excluding carboxylic acids is 1. The van der Waals surface area contributed by atoms with Crippen LogP contribution in [0.4, 0.5) is 0 Å². The van der Waals surface area contributed by atoms with E-state index in [1.807, 2.05) is 6.07 Å². The lowest BCUT2D eigenvalue weighted by Gasteiger charge is -2.14. The highest BCUT2D eigenvalue weighted by molar-refractivity contribution is 6.61. The quantitative estimate of drug-likeness (QED) is 0.483. The lowest BCUT2D eigenvalue weighted by atomic mass is 9.80. The summed E-state index contributed by atoms with van der Waals surface area (Å²) in [6.07, 6.45) is 1.45. The first-order valence-corrected chi connectivity index (χ1v) is 9.53. The number of hydrogen-bond acceptors (Lipinski definition) is 8. The molecule has 31 heavy (non-hydrogen) atoms. The molecule has 0 radical (unpaired) electrons. The monoisotopic (exact) mass is 416 g/mol. The second kappa shape index (κ2) is 8.87. The number of fused-ring (bicyclic) bond motifs is 1. The van der Waals surface area contributed by atoms with Gasteiger partial charge in [0.1, 0.15) is 5.75 Å². The van der Waals surface area contributed by atoms with E-state index in [1.165, 1.54) is 18.3 Å². The Kier molecular flexibility index (Phi) is 5.84.